The molecule has 0 spiro atoms. The Labute approximate surface area is 132 Å². The lowest BCUT2D eigenvalue weighted by Crippen LogP contribution is -2.30. The van der Waals surface area contributed by atoms with Gasteiger partial charge in [-0.15, -0.1) is 0 Å². The van der Waals surface area contributed by atoms with E-state index in [1.165, 1.54) is 17.7 Å². The van der Waals surface area contributed by atoms with Crippen molar-refractivity contribution in [2.75, 3.05) is 13.2 Å². The third kappa shape index (κ3) is 4.17. The fraction of sp³-hybridized carbons (Fsp3) is 0.556. The average molecular weight is 302 g/mol. The minimum absolute atomic E-state index is 0.0419. The maximum Gasteiger partial charge on any atom is 0.261 e. The van der Waals surface area contributed by atoms with Crippen LogP contribution in [0.2, 0.25) is 0 Å². The molecule has 4 nitrogen and oxygen atoms in total. The summed E-state index contributed by atoms with van der Waals surface area (Å²) in [6.07, 6.45) is 8.34. The molecule has 2 amide bonds. The molecule has 0 bridgehead atoms. The lowest BCUT2D eigenvalue weighted by atomic mass is 10.1. The Balaban J connectivity index is 1.63. The number of hydrogen-bond acceptors (Lipinski definition) is 2. The number of hydrogen-bond donors (Lipinski definition) is 0. The highest BCUT2D eigenvalue weighted by Gasteiger charge is 2.34. The predicted molar refractivity (Wildman–Crippen MR) is 84.3 cm³/mol. The van der Waals surface area contributed by atoms with E-state index in [9.17, 15) is 14.7 Å². The van der Waals surface area contributed by atoms with E-state index in [4.69, 9.17) is 0 Å². The Morgan fingerprint density at radius 1 is 0.682 bits per heavy atom. The van der Waals surface area contributed by atoms with E-state index in [0.717, 1.165) is 38.5 Å². The van der Waals surface area contributed by atoms with Crippen molar-refractivity contribution in [2.45, 2.75) is 51.4 Å². The molecule has 1 aromatic rings. The second-order valence-electron chi connectivity index (χ2n) is 5.84. The van der Waals surface area contributed by atoms with Crippen molar-refractivity contribution < 1.29 is 14.7 Å². The van der Waals surface area contributed by atoms with E-state index in [1.54, 1.807) is 24.3 Å². The van der Waals surface area contributed by atoms with Crippen LogP contribution in [0.25, 0.3) is 0 Å². The summed E-state index contributed by atoms with van der Waals surface area (Å²) in [6, 6.07) is 7.02. The SMILES string of the molecule is [O]CCCCCCCCCCN1C(=O)c2ccccc2C1=O. The first-order chi connectivity index (χ1) is 10.8. The van der Waals surface area contributed by atoms with Crippen LogP contribution >= 0.6 is 0 Å². The van der Waals surface area contributed by atoms with Gasteiger partial charge in [-0.3, -0.25) is 14.5 Å². The first-order valence-corrected chi connectivity index (χ1v) is 8.29. The number of amides is 2. The monoisotopic (exact) mass is 302 g/mol. The number of imide groups is 1. The van der Waals surface area contributed by atoms with Gasteiger partial charge in [0.1, 0.15) is 0 Å². The maximum atomic E-state index is 12.2. The summed E-state index contributed by atoms with van der Waals surface area (Å²) in [5.74, 6) is -0.309. The molecule has 1 radical (unpaired) electrons. The average Bonchev–Trinajstić information content (AvgIpc) is 2.78. The predicted octanol–water partition coefficient (Wildman–Crippen LogP) is 3.83. The Morgan fingerprint density at radius 3 is 1.64 bits per heavy atom. The van der Waals surface area contributed by atoms with Crippen LogP contribution in [0.15, 0.2) is 24.3 Å². The van der Waals surface area contributed by atoms with E-state index >= 15 is 0 Å². The molecule has 0 atom stereocenters. The van der Waals surface area contributed by atoms with Crippen LogP contribution in [0.3, 0.4) is 0 Å². The van der Waals surface area contributed by atoms with Gasteiger partial charge >= 0.3 is 0 Å². The molecule has 0 aromatic heterocycles. The summed E-state index contributed by atoms with van der Waals surface area (Å²) in [5, 5.41) is 10.3. The summed E-state index contributed by atoms with van der Waals surface area (Å²) in [5.41, 5.74) is 1.07. The summed E-state index contributed by atoms with van der Waals surface area (Å²) >= 11 is 0. The highest BCUT2D eigenvalue weighted by Crippen LogP contribution is 2.22. The van der Waals surface area contributed by atoms with E-state index in [0.29, 0.717) is 17.7 Å². The van der Waals surface area contributed by atoms with Gasteiger partial charge < -0.3 is 0 Å². The summed E-state index contributed by atoms with van der Waals surface area (Å²) in [4.78, 5) is 25.7. The minimum atomic E-state index is -0.154. The smallest absolute Gasteiger partial charge is 0.261 e. The molecule has 4 heteroatoms. The van der Waals surface area contributed by atoms with Crippen LogP contribution in [-0.2, 0) is 5.11 Å². The van der Waals surface area contributed by atoms with Crippen LogP contribution in [0, 0.1) is 0 Å². The highest BCUT2D eigenvalue weighted by atomic mass is 16.3. The van der Waals surface area contributed by atoms with Crippen molar-refractivity contribution in [3.05, 3.63) is 35.4 Å². The van der Waals surface area contributed by atoms with Crippen LogP contribution in [-0.4, -0.2) is 29.9 Å². The molecule has 0 saturated carbocycles. The number of rotatable bonds is 10. The Morgan fingerprint density at radius 2 is 1.14 bits per heavy atom. The van der Waals surface area contributed by atoms with Gasteiger partial charge in [0, 0.05) is 6.54 Å². The van der Waals surface area contributed by atoms with Crippen molar-refractivity contribution in [1.82, 2.24) is 4.90 Å². The summed E-state index contributed by atoms with van der Waals surface area (Å²) < 4.78 is 0. The van der Waals surface area contributed by atoms with Gasteiger partial charge in [-0.05, 0) is 25.0 Å². The van der Waals surface area contributed by atoms with Gasteiger partial charge in [-0.2, -0.15) is 0 Å². The van der Waals surface area contributed by atoms with Gasteiger partial charge in [0.05, 0.1) is 17.7 Å². The molecule has 1 aliphatic heterocycles. The lowest BCUT2D eigenvalue weighted by molar-refractivity contribution is 0.0651. The van der Waals surface area contributed by atoms with Gasteiger partial charge in [-0.25, -0.2) is 5.11 Å². The van der Waals surface area contributed by atoms with Crippen molar-refractivity contribution in [3.8, 4) is 0 Å². The van der Waals surface area contributed by atoms with Crippen LogP contribution in [0.1, 0.15) is 72.1 Å². The highest BCUT2D eigenvalue weighted by molar-refractivity contribution is 6.21. The van der Waals surface area contributed by atoms with Crippen LogP contribution < -0.4 is 0 Å². The first kappa shape index (κ1) is 16.7. The Bertz CT molecular complexity index is 478. The zero-order chi connectivity index (χ0) is 15.8. The molecule has 119 valence electrons. The van der Waals surface area contributed by atoms with Gasteiger partial charge in [0.15, 0.2) is 0 Å². The fourth-order valence-corrected chi connectivity index (χ4v) is 2.87. The molecule has 0 N–H and O–H groups in total. The molecule has 0 saturated heterocycles. The molecule has 22 heavy (non-hydrogen) atoms. The topological polar surface area (TPSA) is 57.3 Å². The van der Waals surface area contributed by atoms with E-state index in [-0.39, 0.29) is 18.4 Å². The van der Waals surface area contributed by atoms with Crippen molar-refractivity contribution in [3.63, 3.8) is 0 Å². The Kier molecular flexibility index (Phi) is 6.59. The number of carbonyl (C=O) groups is 2. The second-order valence-corrected chi connectivity index (χ2v) is 5.84. The van der Waals surface area contributed by atoms with E-state index in [2.05, 4.69) is 0 Å². The minimum Gasteiger partial charge on any atom is -0.274 e. The lowest BCUT2D eigenvalue weighted by Gasteiger charge is -2.13. The van der Waals surface area contributed by atoms with Gasteiger partial charge in [0.25, 0.3) is 11.8 Å². The van der Waals surface area contributed by atoms with Crippen molar-refractivity contribution in [2.24, 2.45) is 0 Å². The number of nitrogens with zero attached hydrogens (tertiary/aromatic N) is 1. The molecule has 0 aliphatic carbocycles. The number of benzene rings is 1. The standard InChI is InChI=1S/C18H24NO3/c20-14-10-6-4-2-1-3-5-9-13-19-17(21)15-11-7-8-12-16(15)18(19)22/h7-8,11-12H,1-6,9-10,13-14H2. The molecule has 0 unspecified atom stereocenters. The number of carbonyl (C=O) groups excluding carboxylic acids is 2. The zero-order valence-corrected chi connectivity index (χ0v) is 13.1. The molecule has 1 heterocycles. The van der Waals surface area contributed by atoms with Crippen LogP contribution in [0.5, 0.6) is 0 Å². The quantitative estimate of drug-likeness (QED) is 0.487. The summed E-state index contributed by atoms with van der Waals surface area (Å²) in [7, 11) is 0. The Hall–Kier alpha value is -1.68. The second kappa shape index (κ2) is 8.69. The summed E-state index contributed by atoms with van der Waals surface area (Å²) in [6.45, 7) is 0.558. The number of fused-ring (bicyclic) bond motifs is 1. The zero-order valence-electron chi connectivity index (χ0n) is 13.1. The van der Waals surface area contributed by atoms with Gasteiger partial charge in [0.2, 0.25) is 0 Å². The van der Waals surface area contributed by atoms with Gasteiger partial charge in [-0.1, -0.05) is 50.7 Å². The van der Waals surface area contributed by atoms with E-state index in [1.807, 2.05) is 0 Å². The maximum absolute atomic E-state index is 12.2. The third-order valence-electron chi connectivity index (χ3n) is 4.15. The molecule has 0 fully saturated rings. The largest absolute Gasteiger partial charge is 0.274 e. The van der Waals surface area contributed by atoms with E-state index < -0.39 is 0 Å². The normalized spacial score (nSPS) is 13.8. The van der Waals surface area contributed by atoms with Crippen molar-refractivity contribution in [1.29, 1.82) is 0 Å². The molecule has 2 rings (SSSR count). The molecule has 1 aromatic carbocycles. The number of unbranched alkanes of at least 4 members (excludes halogenated alkanes) is 7. The first-order valence-electron chi connectivity index (χ1n) is 8.29. The molecule has 1 aliphatic rings. The third-order valence-corrected chi connectivity index (χ3v) is 4.15. The molecular formula is C18H24NO3. The van der Waals surface area contributed by atoms with Crippen molar-refractivity contribution >= 4 is 11.8 Å². The molecular weight excluding hydrogens is 278 g/mol. The fourth-order valence-electron chi connectivity index (χ4n) is 2.87. The van der Waals surface area contributed by atoms with Crippen LogP contribution in [0.4, 0.5) is 0 Å².